The second-order valence-electron chi connectivity index (χ2n) is 10.6. The van der Waals surface area contributed by atoms with Gasteiger partial charge in [0.25, 0.3) is 0 Å². The Hall–Kier alpha value is -4.60. The van der Waals surface area contributed by atoms with E-state index in [0.29, 0.717) is 34.4 Å². The number of aromatic nitrogens is 4. The van der Waals surface area contributed by atoms with Crippen LogP contribution in [0.4, 0.5) is 15.8 Å². The summed E-state index contributed by atoms with van der Waals surface area (Å²) in [7, 11) is 0. The van der Waals surface area contributed by atoms with Crippen LogP contribution in [0.25, 0.3) is 5.65 Å². The van der Waals surface area contributed by atoms with Gasteiger partial charge >= 0.3 is 0 Å². The number of Topliss-reactive ketones (excluding diaryl/α,β-unsaturated/α-hetero) is 1. The number of hydrogen-bond donors (Lipinski definition) is 2. The Morgan fingerprint density at radius 1 is 1.12 bits per heavy atom. The molecule has 1 saturated carbocycles. The van der Waals surface area contributed by atoms with Crippen molar-refractivity contribution in [2.75, 3.05) is 10.6 Å². The maximum absolute atomic E-state index is 14.8. The van der Waals surface area contributed by atoms with Crippen LogP contribution in [0.2, 0.25) is 0 Å². The van der Waals surface area contributed by atoms with Crippen LogP contribution in [-0.4, -0.2) is 31.3 Å². The van der Waals surface area contributed by atoms with Crippen LogP contribution in [0.15, 0.2) is 67.1 Å². The van der Waals surface area contributed by atoms with Crippen molar-refractivity contribution in [1.82, 2.24) is 19.6 Å². The van der Waals surface area contributed by atoms with Crippen LogP contribution in [0.3, 0.4) is 0 Å². The number of nitrogens with zero attached hydrogens (tertiary/aromatic N) is 4. The molecule has 0 unspecified atom stereocenters. The number of hydrogen-bond acceptors (Lipinski definition) is 7. The van der Waals surface area contributed by atoms with Gasteiger partial charge in [-0.2, -0.15) is 0 Å². The topological polar surface area (TPSA) is 111 Å². The van der Waals surface area contributed by atoms with Gasteiger partial charge in [-0.3, -0.25) is 14.6 Å². The van der Waals surface area contributed by atoms with E-state index in [9.17, 15) is 14.0 Å². The van der Waals surface area contributed by atoms with Crippen LogP contribution in [0.5, 0.6) is 11.6 Å². The molecule has 1 fully saturated rings. The van der Waals surface area contributed by atoms with E-state index >= 15 is 0 Å². The first-order valence-electron chi connectivity index (χ1n) is 13.5. The Morgan fingerprint density at radius 3 is 2.44 bits per heavy atom. The first kappa shape index (κ1) is 29.4. The Morgan fingerprint density at radius 2 is 1.85 bits per heavy atom. The fraction of sp³-hybridized carbons (Fsp3) is 0.323. The predicted molar refractivity (Wildman–Crippen MR) is 156 cm³/mol. The van der Waals surface area contributed by atoms with Crippen molar-refractivity contribution in [3.8, 4) is 11.6 Å². The fourth-order valence-electron chi connectivity index (χ4n) is 3.70. The van der Waals surface area contributed by atoms with Gasteiger partial charge < -0.3 is 15.4 Å². The summed E-state index contributed by atoms with van der Waals surface area (Å²) in [6.07, 6.45) is 6.49. The number of fused-ring (bicyclic) bond motifs is 1. The van der Waals surface area contributed by atoms with Crippen molar-refractivity contribution in [2.24, 2.45) is 11.3 Å². The van der Waals surface area contributed by atoms with Crippen molar-refractivity contribution in [2.45, 2.75) is 53.9 Å². The Balaban J connectivity index is 0.000000572. The number of ether oxygens (including phenoxy) is 1. The number of carbonyl (C=O) groups is 2. The SMILES string of the molecule is C=C(Nc1ccc(Oc2ccc3nc(CC)cn3n2)c(F)c1)C(C)(C)C(=O)Nc1ccc(C)nc1.CC(=O)C1CC1. The Labute approximate surface area is 238 Å². The predicted octanol–water partition coefficient (Wildman–Crippen LogP) is 6.50. The van der Waals surface area contributed by atoms with Gasteiger partial charge in [0, 0.05) is 35.1 Å². The van der Waals surface area contributed by atoms with Crippen molar-refractivity contribution in [3.63, 3.8) is 0 Å². The van der Waals surface area contributed by atoms with E-state index in [1.54, 1.807) is 55.7 Å². The van der Waals surface area contributed by atoms with E-state index in [1.165, 1.54) is 12.1 Å². The second kappa shape index (κ2) is 12.3. The van der Waals surface area contributed by atoms with Gasteiger partial charge in [-0.1, -0.05) is 13.5 Å². The smallest absolute Gasteiger partial charge is 0.237 e. The third-order valence-electron chi connectivity index (χ3n) is 6.79. The number of aryl methyl sites for hydroxylation is 2. The standard InChI is InChI=1S/C26H27FN6O2.C5H8O/c1-6-18-15-33-23(30-18)11-12-24(32-33)35-22-10-9-19(13-21(22)27)29-17(3)26(4,5)25(34)31-20-8-7-16(2)28-14-20;1-4(6)5-2-3-5/h7-15,29H,3,6H2,1-2,4-5H3,(H,31,34);5H,2-3H2,1H3. The second-order valence-corrected chi connectivity index (χ2v) is 10.6. The molecule has 0 saturated heterocycles. The molecule has 2 N–H and O–H groups in total. The molecule has 214 valence electrons. The molecule has 1 aliphatic carbocycles. The molecule has 0 radical (unpaired) electrons. The summed E-state index contributed by atoms with van der Waals surface area (Å²) in [5.41, 5.74) is 2.89. The summed E-state index contributed by atoms with van der Waals surface area (Å²) in [5.74, 6) is 0.239. The first-order valence-corrected chi connectivity index (χ1v) is 13.5. The summed E-state index contributed by atoms with van der Waals surface area (Å²) >= 11 is 0. The number of amides is 1. The fourth-order valence-corrected chi connectivity index (χ4v) is 3.70. The highest BCUT2D eigenvalue weighted by Crippen LogP contribution is 2.31. The van der Waals surface area contributed by atoms with Gasteiger partial charge in [0.15, 0.2) is 17.2 Å². The van der Waals surface area contributed by atoms with E-state index in [4.69, 9.17) is 4.74 Å². The number of carbonyl (C=O) groups excluding carboxylic acids is 2. The van der Waals surface area contributed by atoms with E-state index in [0.717, 1.165) is 30.7 Å². The first-order chi connectivity index (χ1) is 19.5. The highest BCUT2D eigenvalue weighted by atomic mass is 19.1. The molecule has 4 aromatic rings. The lowest BCUT2D eigenvalue weighted by atomic mass is 9.88. The molecule has 5 rings (SSSR count). The van der Waals surface area contributed by atoms with Crippen LogP contribution >= 0.6 is 0 Å². The molecule has 0 atom stereocenters. The van der Waals surface area contributed by atoms with Crippen LogP contribution in [0, 0.1) is 24.1 Å². The molecule has 9 nitrogen and oxygen atoms in total. The Bertz CT molecular complexity index is 1570. The number of benzene rings is 1. The van der Waals surface area contributed by atoms with Crippen LogP contribution in [-0.2, 0) is 16.0 Å². The molecule has 0 aliphatic heterocycles. The summed E-state index contributed by atoms with van der Waals surface area (Å²) in [6.45, 7) is 13.0. The number of rotatable bonds is 9. The third-order valence-corrected chi connectivity index (χ3v) is 6.79. The highest BCUT2D eigenvalue weighted by Gasteiger charge is 2.31. The minimum Gasteiger partial charge on any atom is -0.434 e. The monoisotopic (exact) mass is 558 g/mol. The molecule has 3 heterocycles. The maximum Gasteiger partial charge on any atom is 0.237 e. The van der Waals surface area contributed by atoms with E-state index < -0.39 is 11.2 Å². The lowest BCUT2D eigenvalue weighted by Gasteiger charge is -2.27. The van der Waals surface area contributed by atoms with E-state index in [1.807, 2.05) is 26.1 Å². The average Bonchev–Trinajstić information content (AvgIpc) is 3.71. The van der Waals surface area contributed by atoms with Crippen LogP contribution < -0.4 is 15.4 Å². The van der Waals surface area contributed by atoms with Gasteiger partial charge in [0.1, 0.15) is 5.78 Å². The van der Waals surface area contributed by atoms with Crippen molar-refractivity contribution >= 4 is 28.7 Å². The van der Waals surface area contributed by atoms with Crippen molar-refractivity contribution in [1.29, 1.82) is 0 Å². The number of pyridine rings is 1. The highest BCUT2D eigenvalue weighted by molar-refractivity contribution is 5.97. The molecule has 1 aromatic carbocycles. The van der Waals surface area contributed by atoms with Gasteiger partial charge in [0.2, 0.25) is 11.8 Å². The molecule has 1 amide bonds. The average molecular weight is 559 g/mol. The summed E-state index contributed by atoms with van der Waals surface area (Å²) in [6, 6.07) is 11.4. The van der Waals surface area contributed by atoms with Crippen LogP contribution in [0.1, 0.15) is 51.9 Å². The summed E-state index contributed by atoms with van der Waals surface area (Å²) < 4.78 is 22.1. The summed E-state index contributed by atoms with van der Waals surface area (Å²) in [4.78, 5) is 31.6. The number of anilines is 2. The zero-order valence-corrected chi connectivity index (χ0v) is 24.0. The number of nitrogens with one attached hydrogen (secondary N) is 2. The third kappa shape index (κ3) is 7.53. The quantitative estimate of drug-likeness (QED) is 0.241. The van der Waals surface area contributed by atoms with Gasteiger partial charge in [-0.05, 0) is 77.3 Å². The molecule has 0 spiro atoms. The zero-order chi connectivity index (χ0) is 29.7. The normalized spacial score (nSPS) is 12.7. The number of halogens is 1. The molecule has 1 aliphatic rings. The zero-order valence-electron chi connectivity index (χ0n) is 24.0. The number of imidazole rings is 1. The molecule has 10 heteroatoms. The molecule has 0 bridgehead atoms. The molecule has 41 heavy (non-hydrogen) atoms. The molecular formula is C31H35FN6O3. The minimum absolute atomic E-state index is 0.0210. The van der Waals surface area contributed by atoms with E-state index in [2.05, 4.69) is 32.3 Å². The van der Waals surface area contributed by atoms with E-state index in [-0.39, 0.29) is 17.5 Å². The molecular weight excluding hydrogens is 523 g/mol. The van der Waals surface area contributed by atoms with Crippen molar-refractivity contribution in [3.05, 3.63) is 84.3 Å². The van der Waals surface area contributed by atoms with Gasteiger partial charge in [-0.15, -0.1) is 5.10 Å². The summed E-state index contributed by atoms with van der Waals surface area (Å²) in [5, 5.41) is 10.2. The van der Waals surface area contributed by atoms with Crippen molar-refractivity contribution < 1.29 is 18.7 Å². The maximum atomic E-state index is 14.8. The lowest BCUT2D eigenvalue weighted by molar-refractivity contribution is -0.122. The Kier molecular flexibility index (Phi) is 8.80. The largest absolute Gasteiger partial charge is 0.434 e. The van der Waals surface area contributed by atoms with Gasteiger partial charge in [0.05, 0.1) is 29.2 Å². The van der Waals surface area contributed by atoms with Gasteiger partial charge in [-0.25, -0.2) is 13.9 Å². The number of ketones is 1. The minimum atomic E-state index is -0.988. The molecule has 3 aromatic heterocycles. The lowest BCUT2D eigenvalue weighted by Crippen LogP contribution is -2.34.